The van der Waals surface area contributed by atoms with Crippen LogP contribution in [-0.4, -0.2) is 46.7 Å². The lowest BCUT2D eigenvalue weighted by molar-refractivity contribution is -0.151. The Labute approximate surface area is 95.0 Å². The topological polar surface area (TPSA) is 78.9 Å². The Bertz CT molecular complexity index is 264. The SMILES string of the molecule is C[Si](OC(=O)CF)(OC(=O)CF)OC(=O)CF. The normalized spacial score (nSPS) is 10.6. The van der Waals surface area contributed by atoms with Gasteiger partial charge in [-0.1, -0.05) is 0 Å². The van der Waals surface area contributed by atoms with E-state index in [1.54, 1.807) is 0 Å². The van der Waals surface area contributed by atoms with Crippen molar-refractivity contribution in [3.8, 4) is 0 Å². The molecule has 0 bridgehead atoms. The molecule has 0 aliphatic carbocycles. The second-order valence-corrected chi connectivity index (χ2v) is 5.02. The molecule has 0 fully saturated rings. The van der Waals surface area contributed by atoms with E-state index in [1.807, 2.05) is 0 Å². The average Bonchev–Trinajstić information content (AvgIpc) is 2.27. The van der Waals surface area contributed by atoms with Crippen LogP contribution in [0.3, 0.4) is 0 Å². The van der Waals surface area contributed by atoms with E-state index < -0.39 is 46.7 Å². The molecule has 0 saturated heterocycles. The van der Waals surface area contributed by atoms with Gasteiger partial charge in [-0.05, 0) is 0 Å². The summed E-state index contributed by atoms with van der Waals surface area (Å²) in [7, 11) is -4.27. The van der Waals surface area contributed by atoms with Gasteiger partial charge >= 0.3 is 26.7 Å². The molecular weight excluding hydrogens is 265 g/mol. The molecule has 0 aliphatic rings. The van der Waals surface area contributed by atoms with Crippen LogP contribution in [0.4, 0.5) is 13.2 Å². The molecule has 0 heterocycles. The largest absolute Gasteiger partial charge is 0.702 e. The maximum absolute atomic E-state index is 11.9. The maximum atomic E-state index is 11.9. The molecule has 98 valence electrons. The standard InChI is InChI=1S/C7H9F3O6Si/c1-17(14-5(11)2-8,15-6(12)3-9)16-7(13)4-10/h2-4H2,1H3. The number of carbonyl (C=O) groups is 3. The van der Waals surface area contributed by atoms with Crippen molar-refractivity contribution in [2.24, 2.45) is 0 Å². The molecule has 0 aromatic carbocycles. The van der Waals surface area contributed by atoms with E-state index in [4.69, 9.17) is 0 Å². The van der Waals surface area contributed by atoms with Crippen LogP contribution in [0.5, 0.6) is 0 Å². The van der Waals surface area contributed by atoms with Gasteiger partial charge in [-0.3, -0.25) is 14.4 Å². The summed E-state index contributed by atoms with van der Waals surface area (Å²) in [6, 6.07) is 0. The summed E-state index contributed by atoms with van der Waals surface area (Å²) in [6.07, 6.45) is 0. The quantitative estimate of drug-likeness (QED) is 0.639. The number of alkyl halides is 3. The Morgan fingerprint density at radius 2 is 1.06 bits per heavy atom. The predicted octanol–water partition coefficient (Wildman–Crippen LogP) is 0.0932. The number of halogens is 3. The molecule has 10 heteroatoms. The number of hydrogen-bond donors (Lipinski definition) is 0. The summed E-state index contributed by atoms with van der Waals surface area (Å²) in [4.78, 5) is 31.9. The third kappa shape index (κ3) is 5.90. The monoisotopic (exact) mass is 274 g/mol. The zero-order valence-electron chi connectivity index (χ0n) is 8.70. The van der Waals surface area contributed by atoms with Gasteiger partial charge in [0.05, 0.1) is 0 Å². The molecular formula is C7H9F3O6Si. The van der Waals surface area contributed by atoms with Gasteiger partial charge in [-0.25, -0.2) is 13.2 Å². The highest BCUT2D eigenvalue weighted by molar-refractivity contribution is 6.64. The van der Waals surface area contributed by atoms with E-state index in [-0.39, 0.29) is 0 Å². The second kappa shape index (κ2) is 6.88. The van der Waals surface area contributed by atoms with Gasteiger partial charge in [0.2, 0.25) is 0 Å². The van der Waals surface area contributed by atoms with E-state index in [2.05, 4.69) is 13.3 Å². The minimum atomic E-state index is -4.27. The van der Waals surface area contributed by atoms with Crippen molar-refractivity contribution in [3.05, 3.63) is 0 Å². The Morgan fingerprint density at radius 1 is 0.824 bits per heavy atom. The molecule has 17 heavy (non-hydrogen) atoms. The maximum Gasteiger partial charge on any atom is 0.702 e. The fourth-order valence-electron chi connectivity index (χ4n) is 0.765. The summed E-state index contributed by atoms with van der Waals surface area (Å²) in [5, 5.41) is 0. The molecule has 0 aromatic heterocycles. The van der Waals surface area contributed by atoms with Gasteiger partial charge in [0.1, 0.15) is 0 Å². The predicted molar refractivity (Wildman–Crippen MR) is 47.8 cm³/mol. The Balaban J connectivity index is 4.72. The summed E-state index contributed by atoms with van der Waals surface area (Å²) in [5.41, 5.74) is 0. The third-order valence-electron chi connectivity index (χ3n) is 1.23. The molecule has 0 rings (SSSR count). The van der Waals surface area contributed by atoms with E-state index >= 15 is 0 Å². The number of carbonyl (C=O) groups excluding carboxylic acids is 3. The first-order chi connectivity index (χ1) is 7.86. The molecule has 0 N–H and O–H groups in total. The van der Waals surface area contributed by atoms with E-state index in [9.17, 15) is 27.6 Å². The lowest BCUT2D eigenvalue weighted by atomic mass is 10.8. The fraction of sp³-hybridized carbons (Fsp3) is 0.571. The highest BCUT2D eigenvalue weighted by Crippen LogP contribution is 2.11. The van der Waals surface area contributed by atoms with Gasteiger partial charge in [-0.2, -0.15) is 0 Å². The lowest BCUT2D eigenvalue weighted by Gasteiger charge is -2.22. The minimum absolute atomic E-state index is 0.849. The minimum Gasteiger partial charge on any atom is -0.453 e. The van der Waals surface area contributed by atoms with Crippen LogP contribution in [0, 0.1) is 0 Å². The first-order valence-electron chi connectivity index (χ1n) is 4.20. The molecule has 0 aromatic rings. The van der Waals surface area contributed by atoms with Crippen LogP contribution in [0.1, 0.15) is 0 Å². The van der Waals surface area contributed by atoms with Gasteiger partial charge in [0.25, 0.3) is 0 Å². The molecule has 0 amide bonds. The van der Waals surface area contributed by atoms with E-state index in [0.717, 1.165) is 6.55 Å². The molecule has 0 aliphatic heterocycles. The first kappa shape index (κ1) is 15.4. The van der Waals surface area contributed by atoms with Crippen molar-refractivity contribution in [2.45, 2.75) is 6.55 Å². The Morgan fingerprint density at radius 3 is 1.24 bits per heavy atom. The van der Waals surface area contributed by atoms with Crippen molar-refractivity contribution >= 4 is 26.7 Å². The Hall–Kier alpha value is -1.58. The van der Waals surface area contributed by atoms with Crippen molar-refractivity contribution in [3.63, 3.8) is 0 Å². The molecule has 0 saturated carbocycles. The molecule has 0 unspecified atom stereocenters. The van der Waals surface area contributed by atoms with Crippen molar-refractivity contribution in [1.82, 2.24) is 0 Å². The summed E-state index contributed by atoms with van der Waals surface area (Å²) < 4.78 is 48.3. The van der Waals surface area contributed by atoms with Crippen LogP contribution in [0.25, 0.3) is 0 Å². The van der Waals surface area contributed by atoms with Crippen LogP contribution >= 0.6 is 0 Å². The zero-order chi connectivity index (χ0) is 13.5. The number of hydrogen-bond acceptors (Lipinski definition) is 6. The van der Waals surface area contributed by atoms with Gasteiger partial charge in [0.15, 0.2) is 20.0 Å². The van der Waals surface area contributed by atoms with Gasteiger partial charge in [0, 0.05) is 6.55 Å². The zero-order valence-corrected chi connectivity index (χ0v) is 9.70. The highest BCUT2D eigenvalue weighted by Gasteiger charge is 2.47. The molecule has 0 spiro atoms. The summed E-state index contributed by atoms with van der Waals surface area (Å²) in [5.74, 6) is -4.42. The summed E-state index contributed by atoms with van der Waals surface area (Å²) in [6.45, 7) is -3.85. The number of rotatable bonds is 6. The Kier molecular flexibility index (Phi) is 6.24. The molecule has 0 radical (unpaired) electrons. The summed E-state index contributed by atoms with van der Waals surface area (Å²) >= 11 is 0. The van der Waals surface area contributed by atoms with Crippen molar-refractivity contribution in [2.75, 3.05) is 20.0 Å². The van der Waals surface area contributed by atoms with Gasteiger partial charge in [-0.15, -0.1) is 0 Å². The van der Waals surface area contributed by atoms with Crippen LogP contribution in [0.15, 0.2) is 0 Å². The first-order valence-corrected chi connectivity index (χ1v) is 6.42. The highest BCUT2D eigenvalue weighted by atomic mass is 28.4. The van der Waals surface area contributed by atoms with Crippen LogP contribution < -0.4 is 0 Å². The fourth-order valence-corrected chi connectivity index (χ4v) is 2.29. The van der Waals surface area contributed by atoms with Crippen molar-refractivity contribution < 1.29 is 40.8 Å². The van der Waals surface area contributed by atoms with E-state index in [0.29, 0.717) is 0 Å². The van der Waals surface area contributed by atoms with Crippen LogP contribution in [0.2, 0.25) is 6.55 Å². The van der Waals surface area contributed by atoms with Crippen molar-refractivity contribution in [1.29, 1.82) is 0 Å². The average molecular weight is 274 g/mol. The molecule has 6 nitrogen and oxygen atoms in total. The second-order valence-electron chi connectivity index (χ2n) is 2.69. The van der Waals surface area contributed by atoms with Crippen LogP contribution in [-0.2, 0) is 27.7 Å². The van der Waals surface area contributed by atoms with E-state index in [1.165, 1.54) is 0 Å². The lowest BCUT2D eigenvalue weighted by Crippen LogP contribution is -2.48. The van der Waals surface area contributed by atoms with Gasteiger partial charge < -0.3 is 13.3 Å². The molecule has 0 atom stereocenters. The smallest absolute Gasteiger partial charge is 0.453 e. The third-order valence-corrected chi connectivity index (χ3v) is 3.02.